The Morgan fingerprint density at radius 1 is 1.12 bits per heavy atom. The molecule has 6 heteroatoms. The number of nitrogens with zero attached hydrogens (tertiary/aromatic N) is 2. The molecule has 2 fully saturated rings. The first-order valence-electron chi connectivity index (χ1n) is 9.01. The quantitative estimate of drug-likeness (QED) is 0.812. The number of carbonyl (C=O) groups is 3. The number of Topliss-reactive ketones (excluding diaryl/α,β-unsaturated/α-hetero) is 1. The number of piperazine rings is 1. The maximum Gasteiger partial charge on any atom is 0.236 e. The van der Waals surface area contributed by atoms with Gasteiger partial charge in [0.25, 0.3) is 0 Å². The van der Waals surface area contributed by atoms with Crippen molar-refractivity contribution in [3.8, 4) is 0 Å². The average Bonchev–Trinajstić information content (AvgIpc) is 2.67. The van der Waals surface area contributed by atoms with Crippen LogP contribution < -0.4 is 5.32 Å². The molecule has 1 unspecified atom stereocenters. The monoisotopic (exact) mass is 343 g/mol. The maximum absolute atomic E-state index is 12.5. The van der Waals surface area contributed by atoms with E-state index in [0.717, 1.165) is 25.9 Å². The summed E-state index contributed by atoms with van der Waals surface area (Å²) in [6, 6.07) is 9.19. The predicted octanol–water partition coefficient (Wildman–Crippen LogP) is 1.07. The van der Waals surface area contributed by atoms with Gasteiger partial charge in [-0.2, -0.15) is 0 Å². The summed E-state index contributed by atoms with van der Waals surface area (Å²) in [7, 11) is 0. The van der Waals surface area contributed by atoms with Gasteiger partial charge in [0, 0.05) is 50.6 Å². The lowest BCUT2D eigenvalue weighted by Gasteiger charge is -2.41. The van der Waals surface area contributed by atoms with Gasteiger partial charge < -0.3 is 15.1 Å². The molecule has 1 N–H and O–H groups in total. The van der Waals surface area contributed by atoms with Crippen LogP contribution in [-0.4, -0.2) is 66.2 Å². The lowest BCUT2D eigenvalue weighted by molar-refractivity contribution is -0.140. The number of nitrogens with one attached hydrogen (secondary N) is 1. The van der Waals surface area contributed by atoms with Gasteiger partial charge in [-0.25, -0.2) is 0 Å². The van der Waals surface area contributed by atoms with Gasteiger partial charge in [0.05, 0.1) is 6.54 Å². The van der Waals surface area contributed by atoms with E-state index < -0.39 is 0 Å². The standard InChI is InChI=1S/C19H25N3O3/c23-17(15-5-2-1-3-6-15)8-9-18(24)21-11-4-7-16(14-21)22-12-10-20-13-19(22)25/h1-3,5-6,16,20H,4,7-14H2. The van der Waals surface area contributed by atoms with Gasteiger partial charge in [0.2, 0.25) is 11.8 Å². The first kappa shape index (κ1) is 17.6. The Morgan fingerprint density at radius 3 is 2.68 bits per heavy atom. The van der Waals surface area contributed by atoms with Gasteiger partial charge in [-0.15, -0.1) is 0 Å². The smallest absolute Gasteiger partial charge is 0.236 e. The minimum Gasteiger partial charge on any atom is -0.341 e. The summed E-state index contributed by atoms with van der Waals surface area (Å²) in [5.41, 5.74) is 0.651. The van der Waals surface area contributed by atoms with Gasteiger partial charge in [-0.05, 0) is 12.8 Å². The average molecular weight is 343 g/mol. The van der Waals surface area contributed by atoms with E-state index in [-0.39, 0.29) is 36.5 Å². The molecule has 2 aliphatic heterocycles. The Hall–Kier alpha value is -2.21. The zero-order valence-electron chi connectivity index (χ0n) is 14.4. The van der Waals surface area contributed by atoms with Crippen LogP contribution in [0.1, 0.15) is 36.0 Å². The van der Waals surface area contributed by atoms with Gasteiger partial charge in [0.15, 0.2) is 5.78 Å². The molecule has 0 radical (unpaired) electrons. The fraction of sp³-hybridized carbons (Fsp3) is 0.526. The van der Waals surface area contributed by atoms with Gasteiger partial charge in [-0.3, -0.25) is 14.4 Å². The van der Waals surface area contributed by atoms with Crippen LogP contribution in [0.5, 0.6) is 0 Å². The van der Waals surface area contributed by atoms with Crippen LogP contribution in [-0.2, 0) is 9.59 Å². The first-order valence-corrected chi connectivity index (χ1v) is 9.01. The summed E-state index contributed by atoms with van der Waals surface area (Å²) in [6.45, 7) is 3.20. The third kappa shape index (κ3) is 4.45. The minimum absolute atomic E-state index is 0.000192. The third-order valence-electron chi connectivity index (χ3n) is 4.98. The Morgan fingerprint density at radius 2 is 1.92 bits per heavy atom. The van der Waals surface area contributed by atoms with Crippen LogP contribution in [0.2, 0.25) is 0 Å². The molecule has 134 valence electrons. The van der Waals surface area contributed by atoms with E-state index in [2.05, 4.69) is 5.32 Å². The van der Waals surface area contributed by atoms with E-state index in [1.54, 1.807) is 12.1 Å². The van der Waals surface area contributed by atoms with Crippen LogP contribution in [0, 0.1) is 0 Å². The molecule has 0 bridgehead atoms. The van der Waals surface area contributed by atoms with Crippen molar-refractivity contribution in [3.05, 3.63) is 35.9 Å². The van der Waals surface area contributed by atoms with E-state index in [0.29, 0.717) is 25.2 Å². The zero-order valence-corrected chi connectivity index (χ0v) is 14.4. The third-order valence-corrected chi connectivity index (χ3v) is 4.98. The van der Waals surface area contributed by atoms with E-state index in [9.17, 15) is 14.4 Å². The largest absolute Gasteiger partial charge is 0.341 e. The minimum atomic E-state index is -0.000192. The highest BCUT2D eigenvalue weighted by Gasteiger charge is 2.31. The van der Waals surface area contributed by atoms with Crippen LogP contribution in [0.3, 0.4) is 0 Å². The molecule has 1 aromatic rings. The number of benzene rings is 1. The van der Waals surface area contributed by atoms with Crippen LogP contribution in [0.15, 0.2) is 30.3 Å². The maximum atomic E-state index is 12.5. The summed E-state index contributed by atoms with van der Waals surface area (Å²) < 4.78 is 0. The molecular weight excluding hydrogens is 318 g/mol. The van der Waals surface area contributed by atoms with Crippen molar-refractivity contribution in [2.45, 2.75) is 31.7 Å². The molecule has 0 aromatic heterocycles. The van der Waals surface area contributed by atoms with Crippen LogP contribution in [0.25, 0.3) is 0 Å². The Labute approximate surface area is 148 Å². The number of piperidine rings is 1. The number of likely N-dealkylation sites (tertiary alicyclic amines) is 1. The Kier molecular flexibility index (Phi) is 5.81. The second kappa shape index (κ2) is 8.25. The zero-order chi connectivity index (χ0) is 17.6. The molecule has 6 nitrogen and oxygen atoms in total. The lowest BCUT2D eigenvalue weighted by Crippen LogP contribution is -2.57. The second-order valence-electron chi connectivity index (χ2n) is 6.69. The molecule has 0 aliphatic carbocycles. The number of rotatable bonds is 5. The Balaban J connectivity index is 1.51. The van der Waals surface area contributed by atoms with Gasteiger partial charge in [-0.1, -0.05) is 30.3 Å². The van der Waals surface area contributed by atoms with Gasteiger partial charge in [0.1, 0.15) is 0 Å². The highest BCUT2D eigenvalue weighted by molar-refractivity contribution is 5.97. The summed E-state index contributed by atoms with van der Waals surface area (Å²) in [6.07, 6.45) is 2.31. The molecule has 2 heterocycles. The normalized spacial score (nSPS) is 21.3. The molecule has 1 aromatic carbocycles. The molecule has 1 atom stereocenters. The van der Waals surface area contributed by atoms with E-state index in [4.69, 9.17) is 0 Å². The Bertz CT molecular complexity index is 632. The lowest BCUT2D eigenvalue weighted by atomic mass is 10.0. The summed E-state index contributed by atoms with van der Waals surface area (Å²) >= 11 is 0. The van der Waals surface area contributed by atoms with E-state index in [1.165, 1.54) is 0 Å². The van der Waals surface area contributed by atoms with Crippen molar-refractivity contribution < 1.29 is 14.4 Å². The highest BCUT2D eigenvalue weighted by Crippen LogP contribution is 2.18. The number of ketones is 1. The summed E-state index contributed by atoms with van der Waals surface area (Å²) in [5, 5.41) is 3.08. The van der Waals surface area contributed by atoms with Crippen molar-refractivity contribution in [3.63, 3.8) is 0 Å². The summed E-state index contributed by atoms with van der Waals surface area (Å²) in [4.78, 5) is 40.4. The van der Waals surface area contributed by atoms with Crippen molar-refractivity contribution in [2.24, 2.45) is 0 Å². The summed E-state index contributed by atoms with van der Waals surface area (Å²) in [5.74, 6) is 0.126. The van der Waals surface area contributed by atoms with Gasteiger partial charge >= 0.3 is 0 Å². The number of carbonyl (C=O) groups excluding carboxylic acids is 3. The van der Waals surface area contributed by atoms with Crippen LogP contribution >= 0.6 is 0 Å². The first-order chi connectivity index (χ1) is 12.1. The van der Waals surface area contributed by atoms with Crippen molar-refractivity contribution in [2.75, 3.05) is 32.7 Å². The molecule has 2 aliphatic rings. The molecule has 3 rings (SSSR count). The fourth-order valence-electron chi connectivity index (χ4n) is 3.59. The van der Waals surface area contributed by atoms with Crippen molar-refractivity contribution in [1.82, 2.24) is 15.1 Å². The topological polar surface area (TPSA) is 69.7 Å². The fourth-order valence-corrected chi connectivity index (χ4v) is 3.59. The van der Waals surface area contributed by atoms with Crippen molar-refractivity contribution >= 4 is 17.6 Å². The second-order valence-corrected chi connectivity index (χ2v) is 6.69. The van der Waals surface area contributed by atoms with E-state index in [1.807, 2.05) is 28.0 Å². The number of hydrogen-bond acceptors (Lipinski definition) is 4. The SMILES string of the molecule is O=C(CCC(=O)N1CCCC(N2CCNCC2=O)C1)c1ccccc1. The molecular formula is C19H25N3O3. The number of hydrogen-bond donors (Lipinski definition) is 1. The predicted molar refractivity (Wildman–Crippen MR) is 94.2 cm³/mol. The molecule has 0 saturated carbocycles. The number of amides is 2. The highest BCUT2D eigenvalue weighted by atomic mass is 16.2. The van der Waals surface area contributed by atoms with E-state index >= 15 is 0 Å². The molecule has 0 spiro atoms. The molecule has 2 saturated heterocycles. The van der Waals surface area contributed by atoms with Crippen LogP contribution in [0.4, 0.5) is 0 Å². The molecule has 2 amide bonds. The van der Waals surface area contributed by atoms with Crippen molar-refractivity contribution in [1.29, 1.82) is 0 Å². The molecule has 25 heavy (non-hydrogen) atoms.